The van der Waals surface area contributed by atoms with E-state index < -0.39 is 5.41 Å². The van der Waals surface area contributed by atoms with Gasteiger partial charge in [-0.15, -0.1) is 0 Å². The summed E-state index contributed by atoms with van der Waals surface area (Å²) in [5, 5.41) is 15.5. The van der Waals surface area contributed by atoms with Crippen molar-refractivity contribution in [3.8, 4) is 0 Å². The van der Waals surface area contributed by atoms with Gasteiger partial charge in [-0.25, -0.2) is 0 Å². The summed E-state index contributed by atoms with van der Waals surface area (Å²) < 4.78 is 0. The van der Waals surface area contributed by atoms with Crippen LogP contribution >= 0.6 is 0 Å². The molecule has 21 heavy (non-hydrogen) atoms. The average Bonchev–Trinajstić information content (AvgIpc) is 2.49. The lowest BCUT2D eigenvalue weighted by atomic mass is 9.70. The molecule has 0 aromatic rings. The van der Waals surface area contributed by atoms with E-state index in [1.165, 1.54) is 6.42 Å². The zero-order valence-electron chi connectivity index (χ0n) is 13.3. The molecule has 2 saturated carbocycles. The monoisotopic (exact) mass is 295 g/mol. The Morgan fingerprint density at radius 1 is 1.14 bits per heavy atom. The molecule has 0 spiro atoms. The minimum absolute atomic E-state index is 0.0440. The van der Waals surface area contributed by atoms with Gasteiger partial charge in [-0.3, -0.25) is 4.79 Å². The predicted octanol–water partition coefficient (Wildman–Crippen LogP) is 2.77. The summed E-state index contributed by atoms with van der Waals surface area (Å²) in [6, 6.07) is 0.184. The summed E-state index contributed by atoms with van der Waals surface area (Å²) >= 11 is 0. The molecule has 0 bridgehead atoms. The molecule has 0 aliphatic heterocycles. The predicted molar refractivity (Wildman–Crippen MR) is 83.1 cm³/mol. The first-order chi connectivity index (χ1) is 9.92. The molecular weight excluding hydrogens is 266 g/mol. The van der Waals surface area contributed by atoms with Crippen LogP contribution in [0, 0.1) is 10.8 Å². The third-order valence-electron chi connectivity index (χ3n) is 5.55. The smallest absolute Gasteiger partial charge is 0.234 e. The number of carbonyl (C=O) groups is 1. The van der Waals surface area contributed by atoms with Crippen molar-refractivity contribution in [2.45, 2.75) is 77.7 Å². The fourth-order valence-electron chi connectivity index (χ4n) is 3.91. The summed E-state index contributed by atoms with van der Waals surface area (Å²) in [6.45, 7) is 4.43. The number of hydrogen-bond acceptors (Lipinski definition) is 3. The lowest BCUT2D eigenvalue weighted by Crippen LogP contribution is -2.56. The highest BCUT2D eigenvalue weighted by Gasteiger charge is 2.46. The molecule has 2 aliphatic carbocycles. The molecule has 120 valence electrons. The first-order valence-corrected chi connectivity index (χ1v) is 8.21. The highest BCUT2D eigenvalue weighted by atomic mass is 16.4. The normalized spacial score (nSPS) is 28.9. The van der Waals surface area contributed by atoms with Gasteiger partial charge in [0.05, 0.1) is 0 Å². The van der Waals surface area contributed by atoms with Crippen LogP contribution in [0.2, 0.25) is 0 Å². The van der Waals surface area contributed by atoms with E-state index in [0.717, 1.165) is 38.5 Å². The summed E-state index contributed by atoms with van der Waals surface area (Å²) in [5.74, 6) is 0.0331. The number of hydrogen-bond donors (Lipinski definition) is 3. The van der Waals surface area contributed by atoms with Crippen LogP contribution in [-0.4, -0.2) is 23.0 Å². The second-order valence-electron chi connectivity index (χ2n) is 7.39. The van der Waals surface area contributed by atoms with Gasteiger partial charge in [0.1, 0.15) is 5.41 Å². The third kappa shape index (κ3) is 3.16. The third-order valence-corrected chi connectivity index (χ3v) is 5.55. The molecule has 1 amide bonds. The van der Waals surface area contributed by atoms with E-state index in [9.17, 15) is 4.79 Å². The van der Waals surface area contributed by atoms with Crippen molar-refractivity contribution >= 4 is 11.7 Å². The first kappa shape index (κ1) is 16.1. The lowest BCUT2D eigenvalue weighted by Gasteiger charge is -2.42. The van der Waals surface area contributed by atoms with Gasteiger partial charge in [-0.05, 0) is 31.1 Å². The van der Waals surface area contributed by atoms with E-state index in [2.05, 4.69) is 24.3 Å². The van der Waals surface area contributed by atoms with Gasteiger partial charge in [0.15, 0.2) is 5.84 Å². The van der Waals surface area contributed by atoms with Crippen LogP contribution in [0.4, 0.5) is 0 Å². The van der Waals surface area contributed by atoms with Crippen LogP contribution in [0.5, 0.6) is 0 Å². The van der Waals surface area contributed by atoms with Crippen molar-refractivity contribution in [3.63, 3.8) is 0 Å². The van der Waals surface area contributed by atoms with Gasteiger partial charge in [-0.2, -0.15) is 0 Å². The number of amidine groups is 1. The molecule has 1 atom stereocenters. The Morgan fingerprint density at radius 3 is 2.33 bits per heavy atom. The van der Waals surface area contributed by atoms with Crippen molar-refractivity contribution in [1.29, 1.82) is 0 Å². The fourth-order valence-corrected chi connectivity index (χ4v) is 3.91. The number of nitrogens with one attached hydrogen (secondary N) is 1. The molecule has 0 radical (unpaired) electrons. The van der Waals surface area contributed by atoms with E-state index in [4.69, 9.17) is 10.9 Å². The van der Waals surface area contributed by atoms with Crippen LogP contribution in [0.3, 0.4) is 0 Å². The van der Waals surface area contributed by atoms with Gasteiger partial charge in [0.25, 0.3) is 0 Å². The van der Waals surface area contributed by atoms with E-state index in [-0.39, 0.29) is 23.2 Å². The molecule has 2 rings (SSSR count). The molecule has 5 heteroatoms. The van der Waals surface area contributed by atoms with Crippen LogP contribution in [0.1, 0.15) is 71.6 Å². The van der Waals surface area contributed by atoms with Crippen molar-refractivity contribution in [2.24, 2.45) is 21.7 Å². The van der Waals surface area contributed by atoms with Crippen molar-refractivity contribution in [3.05, 3.63) is 0 Å². The maximum atomic E-state index is 12.9. The van der Waals surface area contributed by atoms with E-state index in [1.807, 2.05) is 0 Å². The maximum absolute atomic E-state index is 12.9. The fraction of sp³-hybridized carbons (Fsp3) is 0.875. The molecule has 0 aromatic carbocycles. The largest absolute Gasteiger partial charge is 0.409 e. The van der Waals surface area contributed by atoms with E-state index >= 15 is 0 Å². The Bertz CT molecular complexity index is 412. The second kappa shape index (κ2) is 6.24. The molecule has 2 aliphatic rings. The zero-order chi connectivity index (χ0) is 15.5. The van der Waals surface area contributed by atoms with Gasteiger partial charge in [0.2, 0.25) is 5.91 Å². The Labute approximate surface area is 127 Å². The Balaban J connectivity index is 2.15. The Kier molecular flexibility index (Phi) is 4.79. The summed E-state index contributed by atoms with van der Waals surface area (Å²) in [6.07, 6.45) is 8.93. The average molecular weight is 295 g/mol. The number of amides is 1. The van der Waals surface area contributed by atoms with Gasteiger partial charge in [0, 0.05) is 6.04 Å². The highest BCUT2D eigenvalue weighted by Crippen LogP contribution is 2.39. The molecule has 2 fully saturated rings. The number of rotatable bonds is 3. The topological polar surface area (TPSA) is 87.7 Å². The van der Waals surface area contributed by atoms with Gasteiger partial charge >= 0.3 is 0 Å². The standard InChI is InChI=1S/C16H29N3O2/c1-15(2)9-7-4-8-12(15)18-14(20)16(13(17)19-21)10-5-3-6-11-16/h12,21H,3-11H2,1-2H3,(H2,17,19)(H,18,20). The van der Waals surface area contributed by atoms with Crippen molar-refractivity contribution < 1.29 is 10.0 Å². The van der Waals surface area contributed by atoms with Gasteiger partial charge in [-0.1, -0.05) is 51.1 Å². The molecule has 4 N–H and O–H groups in total. The SMILES string of the molecule is CC1(C)CCCCC1NC(=O)C1(C(N)=NO)CCCCC1. The quantitative estimate of drug-likeness (QED) is 0.324. The lowest BCUT2D eigenvalue weighted by molar-refractivity contribution is -0.131. The van der Waals surface area contributed by atoms with Crippen molar-refractivity contribution in [1.82, 2.24) is 5.32 Å². The molecule has 0 saturated heterocycles. The molecular formula is C16H29N3O2. The number of nitrogens with two attached hydrogens (primary N) is 1. The Morgan fingerprint density at radius 2 is 1.76 bits per heavy atom. The van der Waals surface area contributed by atoms with Crippen LogP contribution < -0.4 is 11.1 Å². The van der Waals surface area contributed by atoms with Gasteiger partial charge < -0.3 is 16.3 Å². The zero-order valence-corrected chi connectivity index (χ0v) is 13.3. The number of carbonyl (C=O) groups excluding carboxylic acids is 1. The van der Waals surface area contributed by atoms with Crippen LogP contribution in [0.25, 0.3) is 0 Å². The molecule has 0 aromatic heterocycles. The van der Waals surface area contributed by atoms with Crippen LogP contribution in [-0.2, 0) is 4.79 Å². The number of nitrogens with zero attached hydrogens (tertiary/aromatic N) is 1. The minimum Gasteiger partial charge on any atom is -0.409 e. The van der Waals surface area contributed by atoms with Crippen LogP contribution in [0.15, 0.2) is 5.16 Å². The first-order valence-electron chi connectivity index (χ1n) is 8.21. The van der Waals surface area contributed by atoms with E-state index in [1.54, 1.807) is 0 Å². The van der Waals surface area contributed by atoms with Crippen molar-refractivity contribution in [2.75, 3.05) is 0 Å². The summed E-state index contributed by atoms with van der Waals surface area (Å²) in [4.78, 5) is 12.9. The summed E-state index contributed by atoms with van der Waals surface area (Å²) in [7, 11) is 0. The maximum Gasteiger partial charge on any atom is 0.234 e. The molecule has 0 heterocycles. The van der Waals surface area contributed by atoms with E-state index in [0.29, 0.717) is 12.8 Å². The Hall–Kier alpha value is -1.26. The summed E-state index contributed by atoms with van der Waals surface area (Å²) in [5.41, 5.74) is 5.21. The molecule has 1 unspecified atom stereocenters. The number of oxime groups is 1. The molecule has 5 nitrogen and oxygen atoms in total. The highest BCUT2D eigenvalue weighted by molar-refractivity contribution is 6.06. The minimum atomic E-state index is -0.805. The second-order valence-corrected chi connectivity index (χ2v) is 7.39.